The van der Waals surface area contributed by atoms with E-state index in [1.807, 2.05) is 0 Å². The van der Waals surface area contributed by atoms with Crippen molar-refractivity contribution in [3.05, 3.63) is 18.2 Å². The third-order valence-electron chi connectivity index (χ3n) is 3.60. The number of hydrogen-bond donors (Lipinski definition) is 2. The van der Waals surface area contributed by atoms with Crippen molar-refractivity contribution in [2.45, 2.75) is 17.9 Å². The summed E-state index contributed by atoms with van der Waals surface area (Å²) in [6.07, 6.45) is -0.576. The molecular formula is C13H17N3O4S. The van der Waals surface area contributed by atoms with Crippen LogP contribution >= 0.6 is 0 Å². The average Bonchev–Trinajstić information content (AvgIpc) is 2.49. The van der Waals surface area contributed by atoms with Gasteiger partial charge in [-0.15, -0.1) is 0 Å². The monoisotopic (exact) mass is 311 g/mol. The summed E-state index contributed by atoms with van der Waals surface area (Å²) in [4.78, 5) is 11.8. The molecule has 2 heterocycles. The minimum atomic E-state index is -3.54. The van der Waals surface area contributed by atoms with E-state index in [0.29, 0.717) is 37.6 Å². The molecule has 2 N–H and O–H groups in total. The molecule has 7 nitrogen and oxygen atoms in total. The van der Waals surface area contributed by atoms with Gasteiger partial charge in [0.1, 0.15) is 5.75 Å². The van der Waals surface area contributed by atoms with Crippen LogP contribution < -0.4 is 15.4 Å². The maximum atomic E-state index is 12.6. The molecule has 21 heavy (non-hydrogen) atoms. The minimum Gasteiger partial charge on any atom is -0.479 e. The molecular weight excluding hydrogens is 294 g/mol. The molecule has 1 saturated heterocycles. The van der Waals surface area contributed by atoms with Gasteiger partial charge in [0.25, 0.3) is 5.91 Å². The van der Waals surface area contributed by atoms with Gasteiger partial charge in [-0.2, -0.15) is 4.31 Å². The predicted molar refractivity (Wildman–Crippen MR) is 76.8 cm³/mol. The van der Waals surface area contributed by atoms with Crippen molar-refractivity contribution < 1.29 is 17.9 Å². The SMILES string of the molecule is C[C@H]1Oc2ccc(S(=O)(=O)N3CCNCC3)cc2NC1=O. The fourth-order valence-electron chi connectivity index (χ4n) is 2.38. The number of nitrogens with zero attached hydrogens (tertiary/aromatic N) is 1. The number of hydrogen-bond acceptors (Lipinski definition) is 5. The number of piperazine rings is 1. The highest BCUT2D eigenvalue weighted by Crippen LogP contribution is 2.32. The number of amides is 1. The lowest BCUT2D eigenvalue weighted by molar-refractivity contribution is -0.122. The predicted octanol–water partition coefficient (Wildman–Crippen LogP) is -0.0001000. The summed E-state index contributed by atoms with van der Waals surface area (Å²) in [5, 5.41) is 5.78. The van der Waals surface area contributed by atoms with Crippen molar-refractivity contribution in [2.75, 3.05) is 31.5 Å². The average molecular weight is 311 g/mol. The first kappa shape index (κ1) is 14.3. The van der Waals surface area contributed by atoms with E-state index in [-0.39, 0.29) is 10.8 Å². The van der Waals surface area contributed by atoms with Crippen molar-refractivity contribution in [3.8, 4) is 5.75 Å². The molecule has 8 heteroatoms. The molecule has 0 bridgehead atoms. The smallest absolute Gasteiger partial charge is 0.265 e. The van der Waals surface area contributed by atoms with Crippen LogP contribution in [0.2, 0.25) is 0 Å². The number of benzene rings is 1. The molecule has 0 aromatic heterocycles. The van der Waals surface area contributed by atoms with Gasteiger partial charge in [0.05, 0.1) is 10.6 Å². The highest BCUT2D eigenvalue weighted by molar-refractivity contribution is 7.89. The number of nitrogens with one attached hydrogen (secondary N) is 2. The lowest BCUT2D eigenvalue weighted by Gasteiger charge is -2.28. The third kappa shape index (κ3) is 2.61. The van der Waals surface area contributed by atoms with Gasteiger partial charge in [0.2, 0.25) is 10.0 Å². The van der Waals surface area contributed by atoms with Gasteiger partial charge in [0.15, 0.2) is 6.10 Å². The van der Waals surface area contributed by atoms with Gasteiger partial charge >= 0.3 is 0 Å². The fraction of sp³-hybridized carbons (Fsp3) is 0.462. The van der Waals surface area contributed by atoms with Crippen molar-refractivity contribution in [2.24, 2.45) is 0 Å². The molecule has 0 unspecified atom stereocenters. The highest BCUT2D eigenvalue weighted by atomic mass is 32.2. The van der Waals surface area contributed by atoms with E-state index in [1.165, 1.54) is 16.4 Å². The Morgan fingerprint density at radius 1 is 1.29 bits per heavy atom. The Hall–Kier alpha value is -1.64. The number of carbonyl (C=O) groups excluding carboxylic acids is 1. The second-order valence-electron chi connectivity index (χ2n) is 5.06. The highest BCUT2D eigenvalue weighted by Gasteiger charge is 2.29. The Labute approximate surface area is 123 Å². The van der Waals surface area contributed by atoms with Crippen LogP contribution in [0.15, 0.2) is 23.1 Å². The summed E-state index contributed by atoms with van der Waals surface area (Å²) in [5.41, 5.74) is 0.398. The summed E-state index contributed by atoms with van der Waals surface area (Å²) in [6.45, 7) is 3.81. The van der Waals surface area contributed by atoms with Crippen LogP contribution in [0.5, 0.6) is 5.75 Å². The van der Waals surface area contributed by atoms with Gasteiger partial charge in [-0.3, -0.25) is 4.79 Å². The molecule has 0 aliphatic carbocycles. The minimum absolute atomic E-state index is 0.168. The maximum absolute atomic E-state index is 12.6. The van der Waals surface area contributed by atoms with Crippen LogP contribution in [0.25, 0.3) is 0 Å². The second kappa shape index (κ2) is 5.28. The Morgan fingerprint density at radius 2 is 2.00 bits per heavy atom. The summed E-state index contributed by atoms with van der Waals surface area (Å²) in [7, 11) is -3.54. The number of sulfonamides is 1. The van der Waals surface area contributed by atoms with E-state index >= 15 is 0 Å². The maximum Gasteiger partial charge on any atom is 0.265 e. The molecule has 1 atom stereocenters. The van der Waals surface area contributed by atoms with Gasteiger partial charge in [-0.05, 0) is 25.1 Å². The van der Waals surface area contributed by atoms with E-state index in [4.69, 9.17) is 4.74 Å². The van der Waals surface area contributed by atoms with Crippen molar-refractivity contribution in [1.29, 1.82) is 0 Å². The van der Waals surface area contributed by atoms with Gasteiger partial charge in [-0.25, -0.2) is 8.42 Å². The third-order valence-corrected chi connectivity index (χ3v) is 5.49. The topological polar surface area (TPSA) is 87.7 Å². The molecule has 1 fully saturated rings. The van der Waals surface area contributed by atoms with Gasteiger partial charge in [0, 0.05) is 26.2 Å². The number of rotatable bonds is 2. The molecule has 3 rings (SSSR count). The van der Waals surface area contributed by atoms with E-state index in [9.17, 15) is 13.2 Å². The molecule has 1 aromatic carbocycles. The van der Waals surface area contributed by atoms with E-state index in [0.717, 1.165) is 0 Å². The summed E-state index contributed by atoms with van der Waals surface area (Å²) >= 11 is 0. The van der Waals surface area contributed by atoms with Gasteiger partial charge < -0.3 is 15.4 Å². The van der Waals surface area contributed by atoms with Crippen molar-refractivity contribution in [3.63, 3.8) is 0 Å². The Kier molecular flexibility index (Phi) is 3.60. The zero-order valence-corrected chi connectivity index (χ0v) is 12.4. The molecule has 0 radical (unpaired) electrons. The first-order chi connectivity index (χ1) is 9.98. The Balaban J connectivity index is 1.93. The Morgan fingerprint density at radius 3 is 2.71 bits per heavy atom. The summed E-state index contributed by atoms with van der Waals surface area (Å²) < 4.78 is 32.0. The first-order valence-electron chi connectivity index (χ1n) is 6.81. The first-order valence-corrected chi connectivity index (χ1v) is 8.25. The normalized spacial score (nSPS) is 23.1. The summed E-state index contributed by atoms with van der Waals surface area (Å²) in [5.74, 6) is 0.209. The van der Waals surface area contributed by atoms with Crippen LogP contribution in [0.3, 0.4) is 0 Å². The molecule has 1 aromatic rings. The zero-order chi connectivity index (χ0) is 15.0. The van der Waals surface area contributed by atoms with Crippen LogP contribution in [0.1, 0.15) is 6.92 Å². The van der Waals surface area contributed by atoms with E-state index in [1.54, 1.807) is 13.0 Å². The molecule has 2 aliphatic heterocycles. The van der Waals surface area contributed by atoms with Crippen molar-refractivity contribution in [1.82, 2.24) is 9.62 Å². The standard InChI is InChI=1S/C13H17N3O4S/c1-9-13(17)15-11-8-10(2-3-12(11)20-9)21(18,19)16-6-4-14-5-7-16/h2-3,8-9,14H,4-7H2,1H3,(H,15,17)/t9-/m1/s1. The van der Waals surface area contributed by atoms with Crippen LogP contribution in [0, 0.1) is 0 Å². The largest absolute Gasteiger partial charge is 0.479 e. The Bertz CT molecular complexity index is 668. The summed E-state index contributed by atoms with van der Waals surface area (Å²) in [6, 6.07) is 4.55. The van der Waals surface area contributed by atoms with Crippen LogP contribution in [-0.2, 0) is 14.8 Å². The number of carbonyl (C=O) groups is 1. The molecule has 0 spiro atoms. The lowest BCUT2D eigenvalue weighted by Crippen LogP contribution is -2.46. The van der Waals surface area contributed by atoms with Crippen LogP contribution in [0.4, 0.5) is 5.69 Å². The lowest BCUT2D eigenvalue weighted by atomic mass is 10.2. The van der Waals surface area contributed by atoms with Crippen molar-refractivity contribution >= 4 is 21.6 Å². The van der Waals surface area contributed by atoms with Gasteiger partial charge in [-0.1, -0.05) is 0 Å². The van der Waals surface area contributed by atoms with Crippen LogP contribution in [-0.4, -0.2) is 50.9 Å². The zero-order valence-electron chi connectivity index (χ0n) is 11.6. The quantitative estimate of drug-likeness (QED) is 0.803. The number of ether oxygens (including phenoxy) is 1. The van der Waals surface area contributed by atoms with E-state index < -0.39 is 16.1 Å². The number of fused-ring (bicyclic) bond motifs is 1. The second-order valence-corrected chi connectivity index (χ2v) is 7.00. The molecule has 1 amide bonds. The van der Waals surface area contributed by atoms with E-state index in [2.05, 4.69) is 10.6 Å². The molecule has 114 valence electrons. The molecule has 0 saturated carbocycles. The molecule has 2 aliphatic rings. The number of anilines is 1. The fourth-order valence-corrected chi connectivity index (χ4v) is 3.85.